The fourth-order valence-electron chi connectivity index (χ4n) is 2.43. The second kappa shape index (κ2) is 11.6. The molecule has 0 atom stereocenters. The van der Waals surface area contributed by atoms with Crippen LogP contribution < -0.4 is 25.9 Å². The van der Waals surface area contributed by atoms with Crippen molar-refractivity contribution in [3.05, 3.63) is 95.9 Å². The van der Waals surface area contributed by atoms with E-state index in [1.807, 2.05) is 0 Å². The standard InChI is InChI=1S/C16H18I.C6H2BF5O3/c1-12(2)14-6-10-16(11-7-14)17-15-8-4-13(3)5-9-15;8-1-2(9)4(11)6(15-7(13)14)5(12)3(1)10/h4-12H,1-3H3;13-14H/q-1;. The number of hydrogen-bond acceptors (Lipinski definition) is 3. The fraction of sp³-hybridized carbons (Fsp3) is 0.182. The molecule has 172 valence electrons. The Labute approximate surface area is 193 Å². The summed E-state index contributed by atoms with van der Waals surface area (Å²) in [6, 6.07) is 18.1. The van der Waals surface area contributed by atoms with Crippen molar-refractivity contribution in [3.63, 3.8) is 0 Å². The van der Waals surface area contributed by atoms with E-state index in [1.165, 1.54) is 18.3 Å². The third-order valence-electron chi connectivity index (χ3n) is 4.16. The summed E-state index contributed by atoms with van der Waals surface area (Å²) in [5.74, 6) is -12.5. The van der Waals surface area contributed by atoms with Crippen molar-refractivity contribution >= 4 is 7.32 Å². The second-order valence-electron chi connectivity index (χ2n) is 6.94. The van der Waals surface area contributed by atoms with E-state index in [0.717, 1.165) is 0 Å². The predicted octanol–water partition coefficient (Wildman–Crippen LogP) is 1.98. The van der Waals surface area contributed by atoms with Crippen molar-refractivity contribution in [1.29, 1.82) is 0 Å². The Hall–Kier alpha value is -2.18. The normalized spacial score (nSPS) is 10.7. The third-order valence-corrected chi connectivity index (χ3v) is 6.84. The van der Waals surface area contributed by atoms with Gasteiger partial charge in [0.2, 0.25) is 29.1 Å². The van der Waals surface area contributed by atoms with Crippen LogP contribution in [0.4, 0.5) is 22.0 Å². The van der Waals surface area contributed by atoms with E-state index in [-0.39, 0.29) is 21.2 Å². The Morgan fingerprint density at radius 3 is 1.53 bits per heavy atom. The molecule has 0 spiro atoms. The molecule has 0 radical (unpaired) electrons. The second-order valence-corrected chi connectivity index (χ2v) is 9.97. The van der Waals surface area contributed by atoms with Gasteiger partial charge < -0.3 is 14.7 Å². The molecule has 0 heterocycles. The van der Waals surface area contributed by atoms with Crippen LogP contribution in [0.3, 0.4) is 0 Å². The number of halogens is 6. The van der Waals surface area contributed by atoms with Gasteiger partial charge in [0.25, 0.3) is 0 Å². The molecule has 3 rings (SSSR count). The summed E-state index contributed by atoms with van der Waals surface area (Å²) in [4.78, 5) is 0. The minimum absolute atomic E-state index is 0.0167. The van der Waals surface area contributed by atoms with E-state index < -0.39 is 42.2 Å². The largest absolute Gasteiger partial charge is 0.707 e. The molecule has 10 heteroatoms. The van der Waals surface area contributed by atoms with Gasteiger partial charge in [-0.15, -0.1) is 0 Å². The SMILES string of the molecule is Cc1ccc([I-]c2ccc(C(C)C)cc2)cc1.OB(O)Oc1c(F)c(F)c(F)c(F)c1F. The van der Waals surface area contributed by atoms with Gasteiger partial charge in [-0.2, -0.15) is 8.78 Å². The maximum Gasteiger partial charge on any atom is 0.707 e. The number of benzene rings is 3. The number of rotatable bonds is 5. The van der Waals surface area contributed by atoms with Crippen molar-refractivity contribution < 1.29 is 57.9 Å². The molecule has 0 unspecified atom stereocenters. The van der Waals surface area contributed by atoms with Crippen LogP contribution in [0, 0.1) is 43.2 Å². The van der Waals surface area contributed by atoms with Gasteiger partial charge in [0.05, 0.1) is 0 Å². The summed E-state index contributed by atoms with van der Waals surface area (Å²) in [7, 11) is -2.70. The van der Waals surface area contributed by atoms with E-state index in [9.17, 15) is 22.0 Å². The molecule has 0 amide bonds. The predicted molar refractivity (Wildman–Crippen MR) is 106 cm³/mol. The smallest absolute Gasteiger partial charge is 0.507 e. The molecule has 0 aromatic heterocycles. The zero-order valence-electron chi connectivity index (χ0n) is 17.3. The summed E-state index contributed by atoms with van der Waals surface area (Å²) in [6.45, 7) is 6.62. The first-order valence-corrected chi connectivity index (χ1v) is 11.5. The molecule has 0 aliphatic heterocycles. The van der Waals surface area contributed by atoms with Gasteiger partial charge in [0, 0.05) is 0 Å². The minimum Gasteiger partial charge on any atom is -0.507 e. The van der Waals surface area contributed by atoms with E-state index in [2.05, 4.69) is 74.0 Å². The van der Waals surface area contributed by atoms with Gasteiger partial charge in [-0.3, -0.25) is 0 Å². The van der Waals surface area contributed by atoms with Gasteiger partial charge >= 0.3 is 122 Å². The first-order valence-electron chi connectivity index (χ1n) is 9.37. The van der Waals surface area contributed by atoms with Crippen molar-refractivity contribution in [2.45, 2.75) is 26.7 Å². The summed E-state index contributed by atoms with van der Waals surface area (Å²) in [6.07, 6.45) is 0. The van der Waals surface area contributed by atoms with Crippen LogP contribution >= 0.6 is 0 Å². The molecule has 3 aromatic rings. The first-order chi connectivity index (χ1) is 15.0. The van der Waals surface area contributed by atoms with Gasteiger partial charge in [-0.1, -0.05) is 0 Å². The molecule has 32 heavy (non-hydrogen) atoms. The van der Waals surface area contributed by atoms with Crippen LogP contribution in [0.25, 0.3) is 0 Å². The van der Waals surface area contributed by atoms with Crippen molar-refractivity contribution in [3.8, 4) is 5.75 Å². The third kappa shape index (κ3) is 6.91. The molecule has 0 fully saturated rings. The maximum absolute atomic E-state index is 12.7. The maximum atomic E-state index is 12.7. The van der Waals surface area contributed by atoms with Crippen LogP contribution in [0.15, 0.2) is 48.5 Å². The van der Waals surface area contributed by atoms with Gasteiger partial charge in [0.1, 0.15) is 0 Å². The van der Waals surface area contributed by atoms with E-state index in [1.54, 1.807) is 0 Å². The molecule has 2 N–H and O–H groups in total. The zero-order chi connectivity index (χ0) is 24.0. The van der Waals surface area contributed by atoms with E-state index >= 15 is 0 Å². The quantitative estimate of drug-likeness (QED) is 0.164. The van der Waals surface area contributed by atoms with Gasteiger partial charge in [-0.25, -0.2) is 13.2 Å². The summed E-state index contributed by atoms with van der Waals surface area (Å²) in [5.41, 5.74) is 2.77. The molecule has 3 aromatic carbocycles. The molecule has 0 bridgehead atoms. The van der Waals surface area contributed by atoms with Crippen LogP contribution in [-0.2, 0) is 0 Å². The summed E-state index contributed by atoms with van der Waals surface area (Å²) >= 11 is -0.0167. The Bertz CT molecular complexity index is 1020. The Morgan fingerprint density at radius 1 is 0.719 bits per heavy atom. The summed E-state index contributed by atoms with van der Waals surface area (Å²) < 4.78 is 69.3. The molecule has 0 aliphatic carbocycles. The molecule has 0 aliphatic rings. The Balaban J connectivity index is 0.000000229. The number of hydrogen-bond donors (Lipinski definition) is 2. The van der Waals surface area contributed by atoms with Crippen molar-refractivity contribution in [1.82, 2.24) is 0 Å². The summed E-state index contributed by atoms with van der Waals surface area (Å²) in [5, 5.41) is 16.3. The zero-order valence-corrected chi connectivity index (χ0v) is 19.5. The molecular formula is C22H20BF5IO3-. The number of aryl methyl sites for hydroxylation is 1. The fourth-order valence-corrected chi connectivity index (χ4v) is 4.58. The Morgan fingerprint density at radius 2 is 1.12 bits per heavy atom. The van der Waals surface area contributed by atoms with Crippen LogP contribution in [0.5, 0.6) is 5.75 Å². The topological polar surface area (TPSA) is 49.7 Å². The monoisotopic (exact) mass is 565 g/mol. The first kappa shape index (κ1) is 26.1. The van der Waals surface area contributed by atoms with E-state index in [4.69, 9.17) is 10.0 Å². The molecule has 3 nitrogen and oxygen atoms in total. The van der Waals surface area contributed by atoms with Crippen LogP contribution in [0.1, 0.15) is 30.9 Å². The molecule has 0 saturated carbocycles. The average Bonchev–Trinajstić information content (AvgIpc) is 2.76. The Kier molecular flexibility index (Phi) is 9.47. The van der Waals surface area contributed by atoms with E-state index in [0.29, 0.717) is 5.92 Å². The molecule has 0 saturated heterocycles. The molecular weight excluding hydrogens is 545 g/mol. The van der Waals surface area contributed by atoms with Crippen molar-refractivity contribution in [2.24, 2.45) is 0 Å². The van der Waals surface area contributed by atoms with Crippen LogP contribution in [0.2, 0.25) is 0 Å². The minimum atomic E-state index is -2.70. The van der Waals surface area contributed by atoms with Gasteiger partial charge in [-0.05, 0) is 0 Å². The van der Waals surface area contributed by atoms with Gasteiger partial charge in [0.15, 0.2) is 5.75 Å². The van der Waals surface area contributed by atoms with Crippen molar-refractivity contribution in [2.75, 3.05) is 0 Å². The van der Waals surface area contributed by atoms with Crippen LogP contribution in [-0.4, -0.2) is 17.4 Å². The average molecular weight is 565 g/mol.